The number of hydrogen-bond acceptors (Lipinski definition) is 4. The van der Waals surface area contributed by atoms with Crippen LogP contribution in [0.15, 0.2) is 30.3 Å². The fourth-order valence-corrected chi connectivity index (χ4v) is 3.31. The average molecular weight is 345 g/mol. The first-order valence-electron chi connectivity index (χ1n) is 8.69. The predicted octanol–water partition coefficient (Wildman–Crippen LogP) is 4.33. The van der Waals surface area contributed by atoms with Crippen LogP contribution in [0.1, 0.15) is 31.2 Å². The molecular weight excluding hydrogens is 320 g/mol. The van der Waals surface area contributed by atoms with Gasteiger partial charge in [-0.1, -0.05) is 30.7 Å². The van der Waals surface area contributed by atoms with Gasteiger partial charge in [0, 0.05) is 30.7 Å². The number of piperidine rings is 1. The minimum Gasteiger partial charge on any atom is -0.370 e. The lowest BCUT2D eigenvalue weighted by atomic mass is 10.0. The second kappa shape index (κ2) is 7.84. The van der Waals surface area contributed by atoms with E-state index in [-0.39, 0.29) is 0 Å². The van der Waals surface area contributed by atoms with E-state index in [9.17, 15) is 0 Å². The molecule has 1 N–H and O–H groups in total. The molecule has 1 aliphatic rings. The summed E-state index contributed by atoms with van der Waals surface area (Å²) in [6, 6.07) is 10.1. The largest absolute Gasteiger partial charge is 0.370 e. The number of aryl methyl sites for hydroxylation is 1. The molecule has 0 aliphatic carbocycles. The molecule has 5 heteroatoms. The van der Waals surface area contributed by atoms with Gasteiger partial charge in [0.05, 0.1) is 0 Å². The summed E-state index contributed by atoms with van der Waals surface area (Å²) in [4.78, 5) is 11.5. The minimum atomic E-state index is 0.732. The van der Waals surface area contributed by atoms with E-state index in [1.54, 1.807) is 0 Å². The van der Waals surface area contributed by atoms with Crippen LogP contribution in [-0.2, 0) is 6.42 Å². The molecule has 0 amide bonds. The molecule has 1 aliphatic heterocycles. The summed E-state index contributed by atoms with van der Waals surface area (Å²) >= 11 is 5.92. The van der Waals surface area contributed by atoms with Crippen LogP contribution < -0.4 is 10.2 Å². The first kappa shape index (κ1) is 17.0. The van der Waals surface area contributed by atoms with Gasteiger partial charge in [-0.25, -0.2) is 9.97 Å². The van der Waals surface area contributed by atoms with E-state index < -0.39 is 0 Å². The van der Waals surface area contributed by atoms with Crippen molar-refractivity contribution >= 4 is 23.2 Å². The van der Waals surface area contributed by atoms with E-state index in [1.807, 2.05) is 19.1 Å². The number of hydrogen-bond donors (Lipinski definition) is 1. The molecule has 0 spiro atoms. The number of anilines is 2. The smallest absolute Gasteiger partial charge is 0.134 e. The Morgan fingerprint density at radius 1 is 1.25 bits per heavy atom. The highest BCUT2D eigenvalue weighted by Crippen LogP contribution is 2.23. The summed E-state index contributed by atoms with van der Waals surface area (Å²) in [6.07, 6.45) is 3.49. The molecule has 2 heterocycles. The second-order valence-corrected chi connectivity index (χ2v) is 7.09. The maximum absolute atomic E-state index is 5.92. The summed E-state index contributed by atoms with van der Waals surface area (Å²) in [5.41, 5.74) is 1.27. The van der Waals surface area contributed by atoms with Gasteiger partial charge in [0.15, 0.2) is 0 Å². The van der Waals surface area contributed by atoms with E-state index in [1.165, 1.54) is 18.4 Å². The normalized spacial score (nSPS) is 17.8. The van der Waals surface area contributed by atoms with E-state index in [2.05, 4.69) is 45.3 Å². The van der Waals surface area contributed by atoms with Crippen molar-refractivity contribution in [3.05, 3.63) is 46.7 Å². The molecule has 24 heavy (non-hydrogen) atoms. The van der Waals surface area contributed by atoms with Gasteiger partial charge in [0.1, 0.15) is 17.5 Å². The second-order valence-electron chi connectivity index (χ2n) is 6.66. The molecular formula is C19H25ClN4. The Balaban J connectivity index is 1.62. The first-order valence-corrected chi connectivity index (χ1v) is 9.07. The number of nitrogens with one attached hydrogen (secondary N) is 1. The zero-order chi connectivity index (χ0) is 16.9. The Morgan fingerprint density at radius 3 is 2.79 bits per heavy atom. The van der Waals surface area contributed by atoms with Crippen LogP contribution in [0.25, 0.3) is 0 Å². The molecule has 128 valence electrons. The topological polar surface area (TPSA) is 41.1 Å². The Labute approximate surface area is 149 Å². The minimum absolute atomic E-state index is 0.732. The average Bonchev–Trinajstić information content (AvgIpc) is 2.56. The Bertz CT molecular complexity index is 672. The highest BCUT2D eigenvalue weighted by atomic mass is 35.5. The van der Waals surface area contributed by atoms with Gasteiger partial charge in [-0.15, -0.1) is 0 Å². The zero-order valence-electron chi connectivity index (χ0n) is 14.4. The van der Waals surface area contributed by atoms with Gasteiger partial charge < -0.3 is 10.2 Å². The number of benzene rings is 1. The monoisotopic (exact) mass is 344 g/mol. The fraction of sp³-hybridized carbons (Fsp3) is 0.474. The van der Waals surface area contributed by atoms with Crippen LogP contribution in [0.4, 0.5) is 11.6 Å². The van der Waals surface area contributed by atoms with E-state index in [4.69, 9.17) is 11.6 Å². The third-order valence-corrected chi connectivity index (χ3v) is 4.69. The van der Waals surface area contributed by atoms with Crippen LogP contribution in [0.5, 0.6) is 0 Å². The lowest BCUT2D eigenvalue weighted by Gasteiger charge is -2.32. The third kappa shape index (κ3) is 4.60. The molecule has 1 saturated heterocycles. The van der Waals surface area contributed by atoms with Gasteiger partial charge in [-0.05, 0) is 49.8 Å². The number of aromatic nitrogens is 2. The fourth-order valence-electron chi connectivity index (χ4n) is 3.19. The number of halogens is 1. The van der Waals surface area contributed by atoms with Crippen molar-refractivity contribution in [3.8, 4) is 0 Å². The van der Waals surface area contributed by atoms with Gasteiger partial charge in [0.2, 0.25) is 0 Å². The molecule has 2 aromatic rings. The van der Waals surface area contributed by atoms with Crippen molar-refractivity contribution in [2.75, 3.05) is 29.9 Å². The summed E-state index contributed by atoms with van der Waals surface area (Å²) < 4.78 is 0. The van der Waals surface area contributed by atoms with Crippen LogP contribution in [0, 0.1) is 12.8 Å². The Morgan fingerprint density at radius 2 is 2.04 bits per heavy atom. The molecule has 4 nitrogen and oxygen atoms in total. The number of rotatable bonds is 5. The van der Waals surface area contributed by atoms with Crippen molar-refractivity contribution in [2.45, 2.75) is 33.1 Å². The number of nitrogens with zero attached hydrogens (tertiary/aromatic N) is 3. The maximum atomic E-state index is 5.92. The summed E-state index contributed by atoms with van der Waals surface area (Å²) in [7, 11) is 0. The summed E-state index contributed by atoms with van der Waals surface area (Å²) in [6.45, 7) is 7.28. The van der Waals surface area contributed by atoms with E-state index in [0.29, 0.717) is 0 Å². The van der Waals surface area contributed by atoms with Crippen molar-refractivity contribution in [1.82, 2.24) is 9.97 Å². The van der Waals surface area contributed by atoms with Gasteiger partial charge >= 0.3 is 0 Å². The standard InChI is InChI=1S/C19H25ClN4/c1-14-4-3-11-24(13-14)19-12-18(22-15(2)23-19)21-10-9-16-5-7-17(20)8-6-16/h5-8,12,14H,3-4,9-11,13H2,1-2H3,(H,21,22,23). The molecule has 1 aromatic carbocycles. The first-order chi connectivity index (χ1) is 11.6. The summed E-state index contributed by atoms with van der Waals surface area (Å²) in [5, 5.41) is 4.20. The maximum Gasteiger partial charge on any atom is 0.134 e. The summed E-state index contributed by atoms with van der Waals surface area (Å²) in [5.74, 6) is 3.50. The van der Waals surface area contributed by atoms with Crippen LogP contribution in [0.2, 0.25) is 5.02 Å². The van der Waals surface area contributed by atoms with Crippen molar-refractivity contribution in [1.29, 1.82) is 0 Å². The Kier molecular flexibility index (Phi) is 5.56. The van der Waals surface area contributed by atoms with Crippen LogP contribution in [0.3, 0.4) is 0 Å². The molecule has 1 atom stereocenters. The molecule has 0 radical (unpaired) electrons. The quantitative estimate of drug-likeness (QED) is 0.876. The predicted molar refractivity (Wildman–Crippen MR) is 101 cm³/mol. The van der Waals surface area contributed by atoms with Gasteiger partial charge in [-0.2, -0.15) is 0 Å². The van der Waals surface area contributed by atoms with E-state index >= 15 is 0 Å². The third-order valence-electron chi connectivity index (χ3n) is 4.44. The van der Waals surface area contributed by atoms with Gasteiger partial charge in [-0.3, -0.25) is 0 Å². The van der Waals surface area contributed by atoms with Gasteiger partial charge in [0.25, 0.3) is 0 Å². The molecule has 0 saturated carbocycles. The van der Waals surface area contributed by atoms with E-state index in [0.717, 1.165) is 54.5 Å². The highest BCUT2D eigenvalue weighted by Gasteiger charge is 2.18. The SMILES string of the molecule is Cc1nc(NCCc2ccc(Cl)cc2)cc(N2CCCC(C)C2)n1. The Hall–Kier alpha value is -1.81. The molecule has 1 fully saturated rings. The highest BCUT2D eigenvalue weighted by molar-refractivity contribution is 6.30. The zero-order valence-corrected chi connectivity index (χ0v) is 15.2. The lowest BCUT2D eigenvalue weighted by Crippen LogP contribution is -2.35. The molecule has 0 bridgehead atoms. The lowest BCUT2D eigenvalue weighted by molar-refractivity contribution is 0.444. The molecule has 3 rings (SSSR count). The van der Waals surface area contributed by atoms with Crippen molar-refractivity contribution < 1.29 is 0 Å². The van der Waals surface area contributed by atoms with Crippen LogP contribution in [-0.4, -0.2) is 29.6 Å². The molecule has 1 unspecified atom stereocenters. The van der Waals surface area contributed by atoms with Crippen LogP contribution >= 0.6 is 11.6 Å². The molecule has 1 aromatic heterocycles. The van der Waals surface area contributed by atoms with Crippen molar-refractivity contribution in [2.24, 2.45) is 5.92 Å². The van der Waals surface area contributed by atoms with Crippen molar-refractivity contribution in [3.63, 3.8) is 0 Å².